The van der Waals surface area contributed by atoms with Crippen LogP contribution in [0.5, 0.6) is 0 Å². The molecule has 0 aliphatic carbocycles. The summed E-state index contributed by atoms with van der Waals surface area (Å²) in [5.41, 5.74) is 3.53. The third kappa shape index (κ3) is 3.20. The number of aromatic nitrogens is 1. The van der Waals surface area contributed by atoms with Crippen molar-refractivity contribution >= 4 is 56.8 Å². The Morgan fingerprint density at radius 2 is 1.62 bits per heavy atom. The van der Waals surface area contributed by atoms with Crippen LogP contribution in [0, 0.1) is 0 Å². The van der Waals surface area contributed by atoms with E-state index in [4.69, 9.17) is 12.2 Å². The van der Waals surface area contributed by atoms with Crippen LogP contribution in [-0.4, -0.2) is 44.4 Å². The van der Waals surface area contributed by atoms with Crippen LogP contribution >= 0.6 is 23.6 Å². The summed E-state index contributed by atoms with van der Waals surface area (Å²) in [5, 5.41) is 0.283. The van der Waals surface area contributed by atoms with E-state index in [1.54, 1.807) is 17.4 Å². The zero-order valence-corrected chi connectivity index (χ0v) is 18.1. The van der Waals surface area contributed by atoms with Gasteiger partial charge in [0.05, 0.1) is 10.2 Å². The van der Waals surface area contributed by atoms with Crippen LogP contribution in [0.25, 0.3) is 27.6 Å². The second-order valence-electron chi connectivity index (χ2n) is 6.79. The lowest BCUT2D eigenvalue weighted by molar-refractivity contribution is -0.133. The first-order valence-electron chi connectivity index (χ1n) is 9.50. The standard InChI is InChI=1S/C22H21N3O2S2/c1-4-24-20(26)16(21(27)25(5-2)22(24)28)11-15-12-18-19(29-15)13-17(23(18)3)14-9-7-6-8-10-14/h6-13H,4-5H2,1-3H3. The summed E-state index contributed by atoms with van der Waals surface area (Å²) in [7, 11) is 2.03. The number of benzene rings is 1. The molecule has 0 bridgehead atoms. The molecule has 148 valence electrons. The number of thiocarbonyl (C=S) groups is 1. The number of likely N-dealkylation sites (N-methyl/N-ethyl adjacent to an activating group) is 2. The molecule has 29 heavy (non-hydrogen) atoms. The first-order valence-corrected chi connectivity index (χ1v) is 10.7. The van der Waals surface area contributed by atoms with Gasteiger partial charge < -0.3 is 4.57 Å². The summed E-state index contributed by atoms with van der Waals surface area (Å²) in [5.74, 6) is -0.649. The van der Waals surface area contributed by atoms with E-state index in [1.807, 2.05) is 45.2 Å². The average Bonchev–Trinajstić information content (AvgIpc) is 3.25. The molecule has 0 atom stereocenters. The molecule has 5 nitrogen and oxygen atoms in total. The molecule has 0 radical (unpaired) electrons. The summed E-state index contributed by atoms with van der Waals surface area (Å²) in [4.78, 5) is 29.5. The minimum absolute atomic E-state index is 0.164. The van der Waals surface area contributed by atoms with Crippen LogP contribution < -0.4 is 0 Å². The molecule has 0 N–H and O–H groups in total. The fourth-order valence-corrected chi connectivity index (χ4v) is 5.11. The number of carbonyl (C=O) groups is 2. The van der Waals surface area contributed by atoms with Gasteiger partial charge in [0.1, 0.15) is 5.57 Å². The normalized spacial score (nSPS) is 15.0. The van der Waals surface area contributed by atoms with E-state index in [9.17, 15) is 9.59 Å². The Kier molecular flexibility index (Phi) is 5.10. The number of carbonyl (C=O) groups excluding carboxylic acids is 2. The van der Waals surface area contributed by atoms with Crippen molar-refractivity contribution in [3.8, 4) is 11.3 Å². The van der Waals surface area contributed by atoms with E-state index in [0.717, 1.165) is 26.4 Å². The molecule has 1 aromatic carbocycles. The Bertz CT molecular complexity index is 1130. The fraction of sp³-hybridized carbons (Fsp3) is 0.227. The van der Waals surface area contributed by atoms with Crippen molar-refractivity contribution in [3.63, 3.8) is 0 Å². The zero-order valence-electron chi connectivity index (χ0n) is 16.5. The van der Waals surface area contributed by atoms with Gasteiger partial charge in [-0.25, -0.2) is 0 Å². The molecule has 1 fully saturated rings. The monoisotopic (exact) mass is 423 g/mol. The summed E-state index contributed by atoms with van der Waals surface area (Å²) in [6.07, 6.45) is 1.70. The van der Waals surface area contributed by atoms with Gasteiger partial charge >= 0.3 is 0 Å². The van der Waals surface area contributed by atoms with Gasteiger partial charge in [-0.1, -0.05) is 30.3 Å². The predicted molar refractivity (Wildman–Crippen MR) is 122 cm³/mol. The highest BCUT2D eigenvalue weighted by Gasteiger charge is 2.37. The largest absolute Gasteiger partial charge is 0.343 e. The maximum absolute atomic E-state index is 12.8. The smallest absolute Gasteiger partial charge is 0.265 e. The molecule has 7 heteroatoms. The van der Waals surface area contributed by atoms with Crippen LogP contribution in [0.2, 0.25) is 0 Å². The van der Waals surface area contributed by atoms with E-state index < -0.39 is 0 Å². The SMILES string of the molecule is CCN1C(=O)C(=Cc2cc3c(cc(-c4ccccc4)n3C)s2)C(=O)N(CC)C1=S. The molecule has 0 unspecified atom stereocenters. The molecule has 1 saturated heterocycles. The Hall–Kier alpha value is -2.77. The first-order chi connectivity index (χ1) is 14.0. The molecule has 0 spiro atoms. The van der Waals surface area contributed by atoms with Crippen LogP contribution in [0.4, 0.5) is 0 Å². The van der Waals surface area contributed by atoms with E-state index in [1.165, 1.54) is 9.80 Å². The maximum atomic E-state index is 12.8. The quantitative estimate of drug-likeness (QED) is 0.357. The Balaban J connectivity index is 1.75. The van der Waals surface area contributed by atoms with Gasteiger partial charge in [0.25, 0.3) is 11.8 Å². The van der Waals surface area contributed by atoms with Crippen molar-refractivity contribution in [2.75, 3.05) is 13.1 Å². The first kappa shape index (κ1) is 19.5. The van der Waals surface area contributed by atoms with Gasteiger partial charge in [0, 0.05) is 30.7 Å². The summed E-state index contributed by atoms with van der Waals surface area (Å²) in [6.45, 7) is 4.59. The van der Waals surface area contributed by atoms with E-state index in [0.29, 0.717) is 13.1 Å². The Morgan fingerprint density at radius 1 is 1.00 bits per heavy atom. The van der Waals surface area contributed by atoms with Crippen LogP contribution in [-0.2, 0) is 16.6 Å². The minimum Gasteiger partial charge on any atom is -0.343 e. The number of nitrogens with zero attached hydrogens (tertiary/aromatic N) is 3. The molecule has 2 aromatic heterocycles. The van der Waals surface area contributed by atoms with Crippen LogP contribution in [0.3, 0.4) is 0 Å². The van der Waals surface area contributed by atoms with Crippen molar-refractivity contribution in [2.24, 2.45) is 7.05 Å². The lowest BCUT2D eigenvalue weighted by Crippen LogP contribution is -2.55. The van der Waals surface area contributed by atoms with Crippen molar-refractivity contribution < 1.29 is 9.59 Å². The second kappa shape index (κ2) is 7.57. The lowest BCUT2D eigenvalue weighted by atomic mass is 10.1. The molecule has 3 aromatic rings. The van der Waals surface area contributed by atoms with E-state index >= 15 is 0 Å². The third-order valence-corrected chi connectivity index (χ3v) is 6.61. The van der Waals surface area contributed by atoms with Gasteiger partial charge in [-0.05, 0) is 49.8 Å². The lowest BCUT2D eigenvalue weighted by Gasteiger charge is -2.35. The predicted octanol–water partition coefficient (Wildman–Crippen LogP) is 4.29. The number of fused-ring (bicyclic) bond motifs is 1. The third-order valence-electron chi connectivity index (χ3n) is 5.15. The van der Waals surface area contributed by atoms with Gasteiger partial charge in [-0.15, -0.1) is 11.3 Å². The number of amides is 2. The molecule has 1 aliphatic rings. The van der Waals surface area contributed by atoms with Gasteiger partial charge in [0.2, 0.25) is 0 Å². The molecular formula is C22H21N3O2S2. The summed E-state index contributed by atoms with van der Waals surface area (Å²) in [6, 6.07) is 14.4. The molecular weight excluding hydrogens is 402 g/mol. The molecule has 4 rings (SSSR count). The minimum atomic E-state index is -0.324. The number of aryl methyl sites for hydroxylation is 1. The zero-order chi connectivity index (χ0) is 20.7. The Labute approximate surface area is 178 Å². The Morgan fingerprint density at radius 3 is 2.17 bits per heavy atom. The molecule has 3 heterocycles. The highest BCUT2D eigenvalue weighted by atomic mass is 32.1. The molecule has 1 aliphatic heterocycles. The van der Waals surface area contributed by atoms with Crippen molar-refractivity contribution in [1.82, 2.24) is 14.4 Å². The van der Waals surface area contributed by atoms with Crippen molar-refractivity contribution in [1.29, 1.82) is 0 Å². The van der Waals surface area contributed by atoms with Gasteiger partial charge in [-0.3, -0.25) is 19.4 Å². The fourth-order valence-electron chi connectivity index (χ4n) is 3.61. The summed E-state index contributed by atoms with van der Waals surface area (Å²) >= 11 is 6.89. The second-order valence-corrected chi connectivity index (χ2v) is 8.27. The maximum Gasteiger partial charge on any atom is 0.265 e. The number of hydrogen-bond acceptors (Lipinski definition) is 4. The number of hydrogen-bond donors (Lipinski definition) is 0. The van der Waals surface area contributed by atoms with Crippen molar-refractivity contribution in [3.05, 3.63) is 52.9 Å². The van der Waals surface area contributed by atoms with Gasteiger partial charge in [-0.2, -0.15) is 0 Å². The highest BCUT2D eigenvalue weighted by molar-refractivity contribution is 7.80. The topological polar surface area (TPSA) is 45.6 Å². The van der Waals surface area contributed by atoms with Gasteiger partial charge in [0.15, 0.2) is 5.11 Å². The number of rotatable bonds is 4. The highest BCUT2D eigenvalue weighted by Crippen LogP contribution is 2.34. The molecule has 0 saturated carbocycles. The number of thiophene rings is 1. The molecule has 2 amide bonds. The summed E-state index contributed by atoms with van der Waals surface area (Å²) < 4.78 is 3.25. The van der Waals surface area contributed by atoms with E-state index in [-0.39, 0.29) is 22.5 Å². The van der Waals surface area contributed by atoms with Crippen LogP contribution in [0.1, 0.15) is 18.7 Å². The van der Waals surface area contributed by atoms with Crippen molar-refractivity contribution in [2.45, 2.75) is 13.8 Å². The average molecular weight is 424 g/mol. The van der Waals surface area contributed by atoms with E-state index in [2.05, 4.69) is 22.8 Å². The van der Waals surface area contributed by atoms with Crippen LogP contribution in [0.15, 0.2) is 48.0 Å².